The van der Waals surface area contributed by atoms with Gasteiger partial charge < -0.3 is 15.1 Å². The maximum Gasteiger partial charge on any atom is 0.224 e. The first-order chi connectivity index (χ1) is 16.2. The van der Waals surface area contributed by atoms with Gasteiger partial charge in [-0.25, -0.2) is 9.97 Å². The maximum atomic E-state index is 12.9. The standard InChI is InChI=1S/C26H37N5OS/c1-2-22-11-6-7-17-30(22)19-9-14-28-25(32)21-10-8-18-31(20-21)24-26(29-16-15-27-24)33-23-12-4-3-5-13-23/h3-5,12-13,15-16,21-22H,2,6-11,14,17-20H2,1H3,(H,28,32)/t21-,22-/m0/s1. The summed E-state index contributed by atoms with van der Waals surface area (Å²) < 4.78 is 0. The van der Waals surface area contributed by atoms with Gasteiger partial charge in [0.2, 0.25) is 5.91 Å². The Morgan fingerprint density at radius 2 is 1.94 bits per heavy atom. The van der Waals surface area contributed by atoms with Crippen LogP contribution < -0.4 is 10.2 Å². The largest absolute Gasteiger partial charge is 0.356 e. The van der Waals surface area contributed by atoms with E-state index in [0.29, 0.717) is 6.54 Å². The minimum absolute atomic E-state index is 0.00806. The third-order valence-corrected chi connectivity index (χ3v) is 7.83. The minimum Gasteiger partial charge on any atom is -0.356 e. The van der Waals surface area contributed by atoms with Crippen LogP contribution in [-0.4, -0.2) is 59.5 Å². The van der Waals surface area contributed by atoms with Crippen LogP contribution in [0.15, 0.2) is 52.6 Å². The number of hydrogen-bond acceptors (Lipinski definition) is 6. The molecule has 4 rings (SSSR count). The lowest BCUT2D eigenvalue weighted by atomic mass is 9.97. The molecule has 2 aliphatic rings. The van der Waals surface area contributed by atoms with E-state index in [2.05, 4.69) is 44.1 Å². The number of nitrogens with one attached hydrogen (secondary N) is 1. The molecule has 2 saturated heterocycles. The molecule has 1 N–H and O–H groups in total. The molecule has 0 spiro atoms. The topological polar surface area (TPSA) is 61.4 Å². The summed E-state index contributed by atoms with van der Waals surface area (Å²) in [6, 6.07) is 11.0. The van der Waals surface area contributed by atoms with Crippen LogP contribution in [0.2, 0.25) is 0 Å². The van der Waals surface area contributed by atoms with Crippen molar-refractivity contribution in [3.8, 4) is 0 Å². The molecule has 2 atom stereocenters. The summed E-state index contributed by atoms with van der Waals surface area (Å²) in [5.74, 6) is 1.08. The molecule has 1 aromatic heterocycles. The maximum absolute atomic E-state index is 12.9. The van der Waals surface area contributed by atoms with Crippen molar-refractivity contribution < 1.29 is 4.79 Å². The molecule has 3 heterocycles. The normalized spacial score (nSPS) is 21.7. The monoisotopic (exact) mass is 467 g/mol. The van der Waals surface area contributed by atoms with Crippen molar-refractivity contribution in [2.75, 3.05) is 37.6 Å². The molecule has 2 aliphatic heterocycles. The SMILES string of the molecule is CC[C@H]1CCCCN1CCCNC(=O)[C@H]1CCCN(c2nccnc2Sc2ccccc2)C1. The predicted octanol–water partition coefficient (Wildman–Crippen LogP) is 4.62. The van der Waals surface area contributed by atoms with Crippen LogP contribution in [0.25, 0.3) is 0 Å². The quantitative estimate of drug-likeness (QED) is 0.543. The van der Waals surface area contributed by atoms with Gasteiger partial charge in [-0.3, -0.25) is 4.79 Å². The molecule has 1 amide bonds. The number of likely N-dealkylation sites (tertiary alicyclic amines) is 1. The molecule has 0 radical (unpaired) electrons. The zero-order valence-electron chi connectivity index (χ0n) is 19.8. The molecule has 1 aromatic carbocycles. The lowest BCUT2D eigenvalue weighted by Crippen LogP contribution is -2.44. The molecule has 0 bridgehead atoms. The van der Waals surface area contributed by atoms with Crippen LogP contribution in [0.5, 0.6) is 0 Å². The summed E-state index contributed by atoms with van der Waals surface area (Å²) in [5, 5.41) is 4.12. The van der Waals surface area contributed by atoms with Gasteiger partial charge in [-0.1, -0.05) is 43.3 Å². The second-order valence-corrected chi connectivity index (χ2v) is 10.2. The van der Waals surface area contributed by atoms with Gasteiger partial charge >= 0.3 is 0 Å². The van der Waals surface area contributed by atoms with E-state index in [1.807, 2.05) is 18.2 Å². The summed E-state index contributed by atoms with van der Waals surface area (Å²) in [6.45, 7) is 6.98. The van der Waals surface area contributed by atoms with Crippen molar-refractivity contribution in [2.45, 2.75) is 67.8 Å². The molecule has 0 saturated carbocycles. The van der Waals surface area contributed by atoms with Crippen LogP contribution in [0.4, 0.5) is 5.82 Å². The molecule has 0 aliphatic carbocycles. The molecule has 6 nitrogen and oxygen atoms in total. The highest BCUT2D eigenvalue weighted by Crippen LogP contribution is 2.33. The van der Waals surface area contributed by atoms with Crippen LogP contribution in [0.1, 0.15) is 51.9 Å². The molecule has 33 heavy (non-hydrogen) atoms. The number of carbonyl (C=O) groups excluding carboxylic acids is 1. The molecule has 178 valence electrons. The molecular weight excluding hydrogens is 430 g/mol. The molecule has 7 heteroatoms. The number of hydrogen-bond donors (Lipinski definition) is 1. The number of nitrogens with zero attached hydrogens (tertiary/aromatic N) is 4. The summed E-state index contributed by atoms with van der Waals surface area (Å²) in [4.78, 5) is 28.2. The Kier molecular flexibility index (Phi) is 9.01. The summed E-state index contributed by atoms with van der Waals surface area (Å²) in [7, 11) is 0. The smallest absolute Gasteiger partial charge is 0.224 e. The second-order valence-electron chi connectivity index (χ2n) is 9.12. The third kappa shape index (κ3) is 6.70. The number of carbonyl (C=O) groups is 1. The van der Waals surface area contributed by atoms with E-state index in [-0.39, 0.29) is 11.8 Å². The van der Waals surface area contributed by atoms with Gasteiger partial charge in [-0.2, -0.15) is 0 Å². The Balaban J connectivity index is 1.28. The van der Waals surface area contributed by atoms with E-state index in [4.69, 9.17) is 0 Å². The van der Waals surface area contributed by atoms with Crippen LogP contribution in [0.3, 0.4) is 0 Å². The van der Waals surface area contributed by atoms with Crippen molar-refractivity contribution in [3.63, 3.8) is 0 Å². The average Bonchev–Trinajstić information content (AvgIpc) is 2.88. The van der Waals surface area contributed by atoms with E-state index >= 15 is 0 Å². The fraction of sp³-hybridized carbons (Fsp3) is 0.577. The fourth-order valence-corrected chi connectivity index (χ4v) is 5.95. The Bertz CT molecular complexity index is 880. The summed E-state index contributed by atoms with van der Waals surface area (Å²) >= 11 is 1.63. The van der Waals surface area contributed by atoms with Crippen LogP contribution in [-0.2, 0) is 4.79 Å². The van der Waals surface area contributed by atoms with Crippen LogP contribution in [0, 0.1) is 5.92 Å². The lowest BCUT2D eigenvalue weighted by Gasteiger charge is -2.35. The van der Waals surface area contributed by atoms with E-state index in [1.54, 1.807) is 24.2 Å². The number of anilines is 1. The van der Waals surface area contributed by atoms with Gasteiger partial charge in [0.05, 0.1) is 5.92 Å². The molecule has 0 unspecified atom stereocenters. The van der Waals surface area contributed by atoms with Gasteiger partial charge in [0, 0.05) is 49.5 Å². The first-order valence-electron chi connectivity index (χ1n) is 12.5. The highest BCUT2D eigenvalue weighted by atomic mass is 32.2. The zero-order valence-corrected chi connectivity index (χ0v) is 20.6. The van der Waals surface area contributed by atoms with E-state index in [9.17, 15) is 4.79 Å². The average molecular weight is 468 g/mol. The third-order valence-electron chi connectivity index (χ3n) is 6.84. The Morgan fingerprint density at radius 1 is 1.09 bits per heavy atom. The van der Waals surface area contributed by atoms with E-state index in [1.165, 1.54) is 32.2 Å². The number of rotatable bonds is 9. The van der Waals surface area contributed by atoms with Crippen molar-refractivity contribution >= 4 is 23.5 Å². The van der Waals surface area contributed by atoms with E-state index < -0.39 is 0 Å². The molecule has 2 fully saturated rings. The first-order valence-corrected chi connectivity index (χ1v) is 13.4. The van der Waals surface area contributed by atoms with Crippen molar-refractivity contribution in [3.05, 3.63) is 42.7 Å². The highest BCUT2D eigenvalue weighted by Gasteiger charge is 2.28. The Morgan fingerprint density at radius 3 is 2.79 bits per heavy atom. The van der Waals surface area contributed by atoms with Gasteiger partial charge in [-0.15, -0.1) is 0 Å². The summed E-state index contributed by atoms with van der Waals surface area (Å²) in [5.41, 5.74) is 0. The van der Waals surface area contributed by atoms with Crippen molar-refractivity contribution in [1.29, 1.82) is 0 Å². The van der Waals surface area contributed by atoms with Gasteiger partial charge in [0.1, 0.15) is 5.03 Å². The Labute approximate surface area is 202 Å². The minimum atomic E-state index is 0.00806. The fourth-order valence-electron chi connectivity index (χ4n) is 5.05. The van der Waals surface area contributed by atoms with Gasteiger partial charge in [0.15, 0.2) is 5.82 Å². The number of amides is 1. The van der Waals surface area contributed by atoms with Crippen molar-refractivity contribution in [2.24, 2.45) is 5.92 Å². The summed E-state index contributed by atoms with van der Waals surface area (Å²) in [6.07, 6.45) is 11.7. The lowest BCUT2D eigenvalue weighted by molar-refractivity contribution is -0.125. The Hall–Kier alpha value is -2.12. The number of piperidine rings is 2. The van der Waals surface area contributed by atoms with Gasteiger partial charge in [0.25, 0.3) is 0 Å². The number of aromatic nitrogens is 2. The highest BCUT2D eigenvalue weighted by molar-refractivity contribution is 7.99. The second kappa shape index (κ2) is 12.4. The number of benzene rings is 1. The first kappa shape index (κ1) is 24.0. The predicted molar refractivity (Wildman–Crippen MR) is 135 cm³/mol. The van der Waals surface area contributed by atoms with Crippen molar-refractivity contribution in [1.82, 2.24) is 20.2 Å². The zero-order chi connectivity index (χ0) is 22.9. The molecular formula is C26H37N5OS. The van der Waals surface area contributed by atoms with E-state index in [0.717, 1.165) is 60.7 Å². The molecule has 2 aromatic rings. The van der Waals surface area contributed by atoms with Crippen LogP contribution >= 0.6 is 11.8 Å². The van der Waals surface area contributed by atoms with Gasteiger partial charge in [-0.05, 0) is 57.2 Å².